The number of aryl methyl sites for hydroxylation is 2. The van der Waals surface area contributed by atoms with Crippen LogP contribution in [0.5, 0.6) is 5.75 Å². The molecule has 0 atom stereocenters. The Morgan fingerprint density at radius 2 is 1.97 bits per heavy atom. The van der Waals surface area contributed by atoms with Crippen LogP contribution in [0.2, 0.25) is 0 Å². The second-order valence-electron chi connectivity index (χ2n) is 7.61. The summed E-state index contributed by atoms with van der Waals surface area (Å²) in [7, 11) is 0. The van der Waals surface area contributed by atoms with Crippen LogP contribution in [0.1, 0.15) is 28.8 Å². The summed E-state index contributed by atoms with van der Waals surface area (Å²) < 4.78 is 8.35. The third-order valence-corrected chi connectivity index (χ3v) is 6.85. The fraction of sp³-hybridized carbons (Fsp3) is 0.240. The summed E-state index contributed by atoms with van der Waals surface area (Å²) in [6, 6.07) is 18.2. The lowest BCUT2D eigenvalue weighted by atomic mass is 9.98. The monoisotopic (exact) mass is 417 g/mol. The van der Waals surface area contributed by atoms with Crippen molar-refractivity contribution in [3.05, 3.63) is 71.9 Å². The molecule has 1 N–H and O–H groups in total. The molecule has 4 aromatic rings. The SMILES string of the molecule is O=C(O)c1cc2c3c(ccn3CCCS2)c1CCCOc1cccc2ccccc12. The minimum absolute atomic E-state index is 0.426. The highest BCUT2D eigenvalue weighted by atomic mass is 32.2. The van der Waals surface area contributed by atoms with E-state index in [0.29, 0.717) is 18.6 Å². The van der Waals surface area contributed by atoms with Gasteiger partial charge in [-0.15, -0.1) is 11.8 Å². The van der Waals surface area contributed by atoms with Gasteiger partial charge in [0.2, 0.25) is 0 Å². The first-order valence-electron chi connectivity index (χ1n) is 10.3. The molecule has 0 aliphatic carbocycles. The van der Waals surface area contributed by atoms with Crippen LogP contribution in [0, 0.1) is 0 Å². The van der Waals surface area contributed by atoms with E-state index in [2.05, 4.69) is 35.0 Å². The van der Waals surface area contributed by atoms with Crippen molar-refractivity contribution in [3.63, 3.8) is 0 Å². The van der Waals surface area contributed by atoms with Crippen LogP contribution in [0.4, 0.5) is 0 Å². The number of nitrogens with zero attached hydrogens (tertiary/aromatic N) is 1. The number of benzene rings is 3. The fourth-order valence-electron chi connectivity index (χ4n) is 4.35. The third kappa shape index (κ3) is 3.43. The van der Waals surface area contributed by atoms with E-state index in [1.54, 1.807) is 11.8 Å². The second-order valence-corrected chi connectivity index (χ2v) is 8.75. The van der Waals surface area contributed by atoms with Gasteiger partial charge in [0, 0.05) is 28.4 Å². The normalized spacial score (nSPS) is 13.5. The van der Waals surface area contributed by atoms with Gasteiger partial charge in [-0.25, -0.2) is 4.79 Å². The molecule has 1 aromatic heterocycles. The molecule has 5 heteroatoms. The molecule has 0 saturated heterocycles. The lowest BCUT2D eigenvalue weighted by Gasteiger charge is -2.13. The van der Waals surface area contributed by atoms with E-state index in [1.807, 2.05) is 30.3 Å². The van der Waals surface area contributed by atoms with E-state index >= 15 is 0 Å². The number of rotatable bonds is 6. The summed E-state index contributed by atoms with van der Waals surface area (Å²) in [4.78, 5) is 13.1. The Labute approximate surface area is 179 Å². The van der Waals surface area contributed by atoms with Crippen LogP contribution in [-0.2, 0) is 13.0 Å². The molecule has 2 heterocycles. The molecule has 30 heavy (non-hydrogen) atoms. The molecule has 4 nitrogen and oxygen atoms in total. The first-order chi connectivity index (χ1) is 14.7. The molecule has 0 unspecified atom stereocenters. The quantitative estimate of drug-likeness (QED) is 0.391. The minimum atomic E-state index is -0.851. The molecule has 1 aliphatic heterocycles. The maximum absolute atomic E-state index is 12.0. The number of aromatic carboxylic acids is 1. The minimum Gasteiger partial charge on any atom is -0.493 e. The van der Waals surface area contributed by atoms with Gasteiger partial charge < -0.3 is 14.4 Å². The van der Waals surface area contributed by atoms with Gasteiger partial charge in [0.25, 0.3) is 0 Å². The molecule has 0 fully saturated rings. The summed E-state index contributed by atoms with van der Waals surface area (Å²) in [6.45, 7) is 1.53. The van der Waals surface area contributed by atoms with E-state index in [4.69, 9.17) is 4.74 Å². The van der Waals surface area contributed by atoms with E-state index in [1.165, 1.54) is 5.52 Å². The Bertz CT molecular complexity index is 1240. The molecule has 0 bridgehead atoms. The Kier molecular flexibility index (Phi) is 5.13. The van der Waals surface area contributed by atoms with Crippen molar-refractivity contribution in [1.29, 1.82) is 0 Å². The zero-order chi connectivity index (χ0) is 20.5. The highest BCUT2D eigenvalue weighted by Crippen LogP contribution is 2.37. The summed E-state index contributed by atoms with van der Waals surface area (Å²) in [6.07, 6.45) is 4.63. The molecular formula is C25H23NO3S. The predicted octanol–water partition coefficient (Wildman–Crippen LogP) is 6.00. The van der Waals surface area contributed by atoms with Gasteiger partial charge in [0.1, 0.15) is 5.75 Å². The predicted molar refractivity (Wildman–Crippen MR) is 122 cm³/mol. The number of aromatic nitrogens is 1. The first kappa shape index (κ1) is 19.1. The lowest BCUT2D eigenvalue weighted by Crippen LogP contribution is -2.07. The first-order valence-corrected chi connectivity index (χ1v) is 11.3. The van der Waals surface area contributed by atoms with Gasteiger partial charge in [-0.3, -0.25) is 0 Å². The van der Waals surface area contributed by atoms with Gasteiger partial charge in [-0.1, -0.05) is 36.4 Å². The van der Waals surface area contributed by atoms with Crippen LogP contribution in [0.3, 0.4) is 0 Å². The average Bonchev–Trinajstić information content (AvgIpc) is 3.08. The maximum atomic E-state index is 12.0. The topological polar surface area (TPSA) is 51.5 Å². The summed E-state index contributed by atoms with van der Waals surface area (Å²) in [5.41, 5.74) is 2.53. The highest BCUT2D eigenvalue weighted by Gasteiger charge is 2.21. The number of carboxylic acid groups (broad SMARTS) is 1. The molecule has 0 spiro atoms. The summed E-state index contributed by atoms with van der Waals surface area (Å²) >= 11 is 1.76. The van der Waals surface area contributed by atoms with E-state index < -0.39 is 5.97 Å². The smallest absolute Gasteiger partial charge is 0.336 e. The number of hydrogen-bond acceptors (Lipinski definition) is 3. The summed E-state index contributed by atoms with van der Waals surface area (Å²) in [5, 5.41) is 13.2. The molecule has 0 saturated carbocycles. The van der Waals surface area contributed by atoms with Crippen molar-refractivity contribution in [2.24, 2.45) is 0 Å². The Morgan fingerprint density at radius 1 is 1.10 bits per heavy atom. The van der Waals surface area contributed by atoms with Crippen LogP contribution in [0.25, 0.3) is 21.7 Å². The van der Waals surface area contributed by atoms with Crippen molar-refractivity contribution in [2.45, 2.75) is 30.7 Å². The molecule has 1 aliphatic rings. The van der Waals surface area contributed by atoms with Crippen molar-refractivity contribution >= 4 is 39.4 Å². The Balaban J connectivity index is 1.39. The second kappa shape index (κ2) is 8.07. The molecular weight excluding hydrogens is 394 g/mol. The molecule has 152 valence electrons. The number of ether oxygens (including phenoxy) is 1. The van der Waals surface area contributed by atoms with Crippen molar-refractivity contribution in [2.75, 3.05) is 12.4 Å². The maximum Gasteiger partial charge on any atom is 0.336 e. The Morgan fingerprint density at radius 3 is 2.87 bits per heavy atom. The van der Waals surface area contributed by atoms with Crippen LogP contribution < -0.4 is 4.74 Å². The lowest BCUT2D eigenvalue weighted by molar-refractivity contribution is 0.0695. The van der Waals surface area contributed by atoms with E-state index in [9.17, 15) is 9.90 Å². The average molecular weight is 418 g/mol. The van der Waals surface area contributed by atoms with Gasteiger partial charge in [-0.05, 0) is 54.2 Å². The number of carboxylic acids is 1. The van der Waals surface area contributed by atoms with Gasteiger partial charge in [0.15, 0.2) is 0 Å². The fourth-order valence-corrected chi connectivity index (χ4v) is 5.41. The van der Waals surface area contributed by atoms with Crippen LogP contribution >= 0.6 is 11.8 Å². The zero-order valence-electron chi connectivity index (χ0n) is 16.6. The van der Waals surface area contributed by atoms with Crippen molar-refractivity contribution < 1.29 is 14.6 Å². The van der Waals surface area contributed by atoms with Gasteiger partial charge in [0.05, 0.1) is 17.7 Å². The molecule has 5 rings (SSSR count). The molecule has 0 amide bonds. The third-order valence-electron chi connectivity index (χ3n) is 5.73. The van der Waals surface area contributed by atoms with Gasteiger partial charge in [-0.2, -0.15) is 0 Å². The summed E-state index contributed by atoms with van der Waals surface area (Å²) in [5.74, 6) is 1.05. The Hall–Kier alpha value is -2.92. The number of carbonyl (C=O) groups is 1. The van der Waals surface area contributed by atoms with Crippen LogP contribution in [0.15, 0.2) is 65.7 Å². The molecule has 0 radical (unpaired) electrons. The number of hydrogen-bond donors (Lipinski definition) is 1. The largest absolute Gasteiger partial charge is 0.493 e. The van der Waals surface area contributed by atoms with Gasteiger partial charge >= 0.3 is 5.97 Å². The number of thioether (sulfide) groups is 1. The van der Waals surface area contributed by atoms with Crippen LogP contribution in [-0.4, -0.2) is 28.0 Å². The zero-order valence-corrected chi connectivity index (χ0v) is 17.5. The van der Waals surface area contributed by atoms with E-state index in [-0.39, 0.29) is 0 Å². The molecule has 3 aromatic carbocycles. The highest BCUT2D eigenvalue weighted by molar-refractivity contribution is 7.99. The number of fused-ring (bicyclic) bond motifs is 1. The van der Waals surface area contributed by atoms with E-state index in [0.717, 1.165) is 57.5 Å². The van der Waals surface area contributed by atoms with Crippen molar-refractivity contribution in [1.82, 2.24) is 4.57 Å². The standard InChI is InChI=1S/C25H23NO3S/c27-25(28)21-16-23-24-20(11-13-26(24)12-5-15-30-23)19(21)9-4-14-29-22-10-3-7-17-6-1-2-8-18(17)22/h1-3,6-8,10-11,13,16H,4-5,9,12,14-15H2,(H,27,28). The van der Waals surface area contributed by atoms with Crippen molar-refractivity contribution in [3.8, 4) is 5.75 Å².